The molecule has 2 N–H and O–H groups in total. The van der Waals surface area contributed by atoms with Crippen LogP contribution >= 0.6 is 24.0 Å². The maximum Gasteiger partial charge on any atom is 0.191 e. The molecule has 0 fully saturated rings. The predicted octanol–water partition coefficient (Wildman–Crippen LogP) is 3.82. The molecule has 30 heavy (non-hydrogen) atoms. The SMILES string of the molecule is CN=C(NCc1cccc(Cn2ccnc2)c1)NCC(C)Oc1cccc(F)c1.I. The fraction of sp³-hybridized carbons (Fsp3) is 0.273. The van der Waals surface area contributed by atoms with Crippen molar-refractivity contribution in [3.05, 3.63) is 84.2 Å². The highest BCUT2D eigenvalue weighted by Crippen LogP contribution is 2.13. The van der Waals surface area contributed by atoms with E-state index in [1.54, 1.807) is 25.4 Å². The minimum absolute atomic E-state index is 0. The average molecular weight is 523 g/mol. The Labute approximate surface area is 193 Å². The third-order valence-electron chi connectivity index (χ3n) is 4.29. The summed E-state index contributed by atoms with van der Waals surface area (Å²) in [5.41, 5.74) is 2.37. The van der Waals surface area contributed by atoms with Gasteiger partial charge < -0.3 is 19.9 Å². The van der Waals surface area contributed by atoms with Crippen molar-refractivity contribution >= 4 is 29.9 Å². The summed E-state index contributed by atoms with van der Waals surface area (Å²) in [6, 6.07) is 14.5. The van der Waals surface area contributed by atoms with Crippen LogP contribution in [0, 0.1) is 5.82 Å². The van der Waals surface area contributed by atoms with Crippen LogP contribution in [-0.2, 0) is 13.1 Å². The van der Waals surface area contributed by atoms with Gasteiger partial charge in [-0.1, -0.05) is 30.3 Å². The summed E-state index contributed by atoms with van der Waals surface area (Å²) in [6.45, 7) is 3.90. The summed E-state index contributed by atoms with van der Waals surface area (Å²) in [5.74, 6) is 0.882. The van der Waals surface area contributed by atoms with E-state index in [0.29, 0.717) is 24.8 Å². The van der Waals surface area contributed by atoms with E-state index in [4.69, 9.17) is 4.74 Å². The molecule has 0 aliphatic heterocycles. The Morgan fingerprint density at radius 3 is 2.70 bits per heavy atom. The molecule has 1 aromatic heterocycles. The van der Waals surface area contributed by atoms with Crippen molar-refractivity contribution in [2.24, 2.45) is 4.99 Å². The number of imidazole rings is 1. The number of rotatable bonds is 8. The lowest BCUT2D eigenvalue weighted by atomic mass is 10.1. The molecule has 0 saturated carbocycles. The fourth-order valence-electron chi connectivity index (χ4n) is 2.89. The van der Waals surface area contributed by atoms with Gasteiger partial charge in [0.05, 0.1) is 12.9 Å². The summed E-state index contributed by atoms with van der Waals surface area (Å²) >= 11 is 0. The number of aliphatic imine (C=N–C) groups is 1. The summed E-state index contributed by atoms with van der Waals surface area (Å²) in [5, 5.41) is 6.54. The largest absolute Gasteiger partial charge is 0.489 e. The van der Waals surface area contributed by atoms with Crippen LogP contribution in [0.25, 0.3) is 0 Å². The van der Waals surface area contributed by atoms with Crippen LogP contribution in [0.5, 0.6) is 5.75 Å². The van der Waals surface area contributed by atoms with Crippen molar-refractivity contribution in [2.45, 2.75) is 26.1 Å². The molecule has 0 aliphatic carbocycles. The van der Waals surface area contributed by atoms with Crippen LogP contribution in [0.15, 0.2) is 72.2 Å². The van der Waals surface area contributed by atoms with Crippen LogP contribution in [0.4, 0.5) is 4.39 Å². The zero-order valence-corrected chi connectivity index (χ0v) is 19.4. The first-order valence-corrected chi connectivity index (χ1v) is 9.52. The van der Waals surface area contributed by atoms with Crippen molar-refractivity contribution in [2.75, 3.05) is 13.6 Å². The molecule has 160 valence electrons. The van der Waals surface area contributed by atoms with Gasteiger partial charge in [-0.3, -0.25) is 4.99 Å². The van der Waals surface area contributed by atoms with Gasteiger partial charge in [0.1, 0.15) is 17.7 Å². The second-order valence-corrected chi connectivity index (χ2v) is 6.75. The van der Waals surface area contributed by atoms with E-state index in [0.717, 1.165) is 12.1 Å². The van der Waals surface area contributed by atoms with Gasteiger partial charge in [0, 0.05) is 38.6 Å². The highest BCUT2D eigenvalue weighted by atomic mass is 127. The lowest BCUT2D eigenvalue weighted by Gasteiger charge is -2.18. The van der Waals surface area contributed by atoms with Crippen molar-refractivity contribution in [1.82, 2.24) is 20.2 Å². The molecule has 2 aromatic carbocycles. The first kappa shape index (κ1) is 23.7. The van der Waals surface area contributed by atoms with Crippen molar-refractivity contribution in [3.63, 3.8) is 0 Å². The number of guanidine groups is 1. The number of ether oxygens (including phenoxy) is 1. The Balaban J connectivity index is 0.00000320. The molecule has 0 aliphatic rings. The van der Waals surface area contributed by atoms with E-state index in [2.05, 4.69) is 38.8 Å². The Morgan fingerprint density at radius 1 is 1.17 bits per heavy atom. The fourth-order valence-corrected chi connectivity index (χ4v) is 2.89. The first-order chi connectivity index (χ1) is 14.1. The summed E-state index contributed by atoms with van der Waals surface area (Å²) < 4.78 is 21.0. The molecule has 1 atom stereocenters. The Bertz CT molecular complexity index is 933. The topological polar surface area (TPSA) is 63.5 Å². The quantitative estimate of drug-likeness (QED) is 0.268. The van der Waals surface area contributed by atoms with Crippen LogP contribution in [0.1, 0.15) is 18.1 Å². The summed E-state index contributed by atoms with van der Waals surface area (Å²) in [6.07, 6.45) is 5.39. The third kappa shape index (κ3) is 7.66. The van der Waals surface area contributed by atoms with E-state index in [1.807, 2.05) is 30.1 Å². The minimum atomic E-state index is -0.310. The third-order valence-corrected chi connectivity index (χ3v) is 4.29. The summed E-state index contributed by atoms with van der Waals surface area (Å²) in [4.78, 5) is 8.32. The van der Waals surface area contributed by atoms with Gasteiger partial charge in [0.2, 0.25) is 0 Å². The normalized spacial score (nSPS) is 12.0. The molecule has 8 heteroatoms. The molecular weight excluding hydrogens is 496 g/mol. The van der Waals surface area contributed by atoms with Crippen molar-refractivity contribution < 1.29 is 9.13 Å². The molecule has 1 heterocycles. The zero-order chi connectivity index (χ0) is 20.5. The number of aromatic nitrogens is 2. The van der Waals surface area contributed by atoms with Crippen LogP contribution in [-0.4, -0.2) is 35.2 Å². The summed E-state index contributed by atoms with van der Waals surface area (Å²) in [7, 11) is 1.73. The van der Waals surface area contributed by atoms with Crippen LogP contribution in [0.2, 0.25) is 0 Å². The number of hydrogen-bond donors (Lipinski definition) is 2. The highest BCUT2D eigenvalue weighted by molar-refractivity contribution is 14.0. The second kappa shape index (κ2) is 12.2. The maximum absolute atomic E-state index is 13.3. The van der Waals surface area contributed by atoms with E-state index in [9.17, 15) is 4.39 Å². The average Bonchev–Trinajstić information content (AvgIpc) is 3.21. The molecule has 6 nitrogen and oxygen atoms in total. The van der Waals surface area contributed by atoms with E-state index >= 15 is 0 Å². The van der Waals surface area contributed by atoms with Gasteiger partial charge in [-0.05, 0) is 30.2 Å². The minimum Gasteiger partial charge on any atom is -0.489 e. The molecule has 1 unspecified atom stereocenters. The Morgan fingerprint density at radius 2 is 1.97 bits per heavy atom. The predicted molar refractivity (Wildman–Crippen MR) is 128 cm³/mol. The molecule has 0 bridgehead atoms. The highest BCUT2D eigenvalue weighted by Gasteiger charge is 2.07. The number of halogens is 2. The van der Waals surface area contributed by atoms with Crippen LogP contribution < -0.4 is 15.4 Å². The number of benzene rings is 2. The van der Waals surface area contributed by atoms with Crippen LogP contribution in [0.3, 0.4) is 0 Å². The monoisotopic (exact) mass is 523 g/mol. The zero-order valence-electron chi connectivity index (χ0n) is 17.1. The van der Waals surface area contributed by atoms with Gasteiger partial charge >= 0.3 is 0 Å². The van der Waals surface area contributed by atoms with E-state index < -0.39 is 0 Å². The molecule has 0 spiro atoms. The standard InChI is InChI=1S/C22H26FN5O.HI/c1-17(29-21-8-4-7-20(23)12-21)13-26-22(24-2)27-14-18-5-3-6-19(11-18)15-28-10-9-25-16-28;/h3-12,16-17H,13-15H2,1-2H3,(H2,24,26,27);1H. The van der Waals surface area contributed by atoms with Gasteiger partial charge in [0.15, 0.2) is 5.96 Å². The molecule has 0 amide bonds. The smallest absolute Gasteiger partial charge is 0.191 e. The van der Waals surface area contributed by atoms with Crippen molar-refractivity contribution in [1.29, 1.82) is 0 Å². The number of nitrogens with zero attached hydrogens (tertiary/aromatic N) is 3. The van der Waals surface area contributed by atoms with E-state index in [1.165, 1.54) is 17.7 Å². The molecule has 3 aromatic rings. The van der Waals surface area contributed by atoms with E-state index in [-0.39, 0.29) is 35.9 Å². The van der Waals surface area contributed by atoms with Gasteiger partial charge in [0.25, 0.3) is 0 Å². The molecule has 3 rings (SSSR count). The number of nitrogens with one attached hydrogen (secondary N) is 2. The van der Waals surface area contributed by atoms with Gasteiger partial charge in [-0.2, -0.15) is 0 Å². The lowest BCUT2D eigenvalue weighted by molar-refractivity contribution is 0.223. The van der Waals surface area contributed by atoms with Crippen molar-refractivity contribution in [3.8, 4) is 5.75 Å². The molecule has 0 radical (unpaired) electrons. The number of hydrogen-bond acceptors (Lipinski definition) is 3. The second-order valence-electron chi connectivity index (χ2n) is 6.75. The Kier molecular flexibility index (Phi) is 9.59. The maximum atomic E-state index is 13.3. The molecule has 0 saturated heterocycles. The first-order valence-electron chi connectivity index (χ1n) is 9.52. The molecular formula is C22H27FIN5O. The van der Waals surface area contributed by atoms with Gasteiger partial charge in [-0.15, -0.1) is 24.0 Å². The van der Waals surface area contributed by atoms with Gasteiger partial charge in [-0.25, -0.2) is 9.37 Å². The Hall–Kier alpha value is -2.62. The lowest BCUT2D eigenvalue weighted by Crippen LogP contribution is -2.41.